The van der Waals surface area contributed by atoms with E-state index in [1.165, 1.54) is 17.4 Å². The van der Waals surface area contributed by atoms with Crippen molar-refractivity contribution in [3.05, 3.63) is 29.3 Å². The van der Waals surface area contributed by atoms with Crippen molar-refractivity contribution in [1.29, 1.82) is 0 Å². The molecule has 1 N–H and O–H groups in total. The van der Waals surface area contributed by atoms with Gasteiger partial charge in [-0.2, -0.15) is 0 Å². The van der Waals surface area contributed by atoms with Gasteiger partial charge in [0.15, 0.2) is 0 Å². The molecular formula is C16H24N2O3S. The monoisotopic (exact) mass is 324 g/mol. The number of nitrogens with one attached hydrogen (secondary N) is 1. The maximum Gasteiger partial charge on any atom is 0.211 e. The molecule has 0 aliphatic carbocycles. The Hall–Kier alpha value is -1.11. The minimum atomic E-state index is -3.06. The van der Waals surface area contributed by atoms with Crippen molar-refractivity contribution in [3.63, 3.8) is 0 Å². The molecule has 2 aliphatic heterocycles. The molecule has 2 unspecified atom stereocenters. The third kappa shape index (κ3) is 3.45. The molecule has 5 nitrogen and oxygen atoms in total. The predicted molar refractivity (Wildman–Crippen MR) is 86.5 cm³/mol. The average Bonchev–Trinajstić information content (AvgIpc) is 2.92. The molecule has 2 atom stereocenters. The van der Waals surface area contributed by atoms with Crippen LogP contribution in [0.4, 0.5) is 0 Å². The van der Waals surface area contributed by atoms with Crippen molar-refractivity contribution in [2.45, 2.75) is 32.4 Å². The summed E-state index contributed by atoms with van der Waals surface area (Å²) in [5, 5.41) is 3.59. The molecule has 1 saturated heterocycles. The van der Waals surface area contributed by atoms with Crippen LogP contribution in [-0.4, -0.2) is 44.7 Å². The van der Waals surface area contributed by atoms with Crippen LogP contribution in [0.15, 0.2) is 18.2 Å². The third-order valence-corrected chi connectivity index (χ3v) is 5.93. The zero-order valence-electron chi connectivity index (χ0n) is 13.2. The topological polar surface area (TPSA) is 58.6 Å². The summed E-state index contributed by atoms with van der Waals surface area (Å²) in [6, 6.07) is 6.73. The summed E-state index contributed by atoms with van der Waals surface area (Å²) < 4.78 is 30.4. The van der Waals surface area contributed by atoms with Gasteiger partial charge in [0.2, 0.25) is 10.0 Å². The Bertz CT molecular complexity index is 645. The van der Waals surface area contributed by atoms with Crippen LogP contribution in [-0.2, 0) is 23.0 Å². The fraction of sp³-hybridized carbons (Fsp3) is 0.625. The number of fused-ring (bicyclic) bond motifs is 1. The molecule has 0 aromatic heterocycles. The van der Waals surface area contributed by atoms with Crippen LogP contribution >= 0.6 is 0 Å². The normalized spacial score (nSPS) is 25.7. The number of hydrogen-bond acceptors (Lipinski definition) is 4. The Morgan fingerprint density at radius 3 is 2.95 bits per heavy atom. The number of sulfonamides is 1. The first-order valence-corrected chi connectivity index (χ1v) is 9.71. The lowest BCUT2D eigenvalue weighted by Crippen LogP contribution is -2.49. The molecule has 0 radical (unpaired) electrons. The largest absolute Gasteiger partial charge is 0.493 e. The van der Waals surface area contributed by atoms with Crippen LogP contribution in [0.2, 0.25) is 0 Å². The summed E-state index contributed by atoms with van der Waals surface area (Å²) in [6.07, 6.45) is 3.15. The van der Waals surface area contributed by atoms with E-state index < -0.39 is 10.0 Å². The Labute approximate surface area is 132 Å². The van der Waals surface area contributed by atoms with Crippen molar-refractivity contribution in [2.75, 3.05) is 26.0 Å². The highest BCUT2D eigenvalue weighted by molar-refractivity contribution is 7.88. The van der Waals surface area contributed by atoms with Crippen LogP contribution < -0.4 is 10.1 Å². The molecule has 2 heterocycles. The molecule has 22 heavy (non-hydrogen) atoms. The van der Waals surface area contributed by atoms with Crippen LogP contribution in [0.3, 0.4) is 0 Å². The zero-order valence-corrected chi connectivity index (χ0v) is 14.0. The summed E-state index contributed by atoms with van der Waals surface area (Å²) in [7, 11) is -3.06. The van der Waals surface area contributed by atoms with E-state index in [1.54, 1.807) is 4.31 Å². The molecule has 1 aromatic carbocycles. The van der Waals surface area contributed by atoms with Crippen molar-refractivity contribution in [3.8, 4) is 5.75 Å². The Morgan fingerprint density at radius 1 is 1.41 bits per heavy atom. The molecule has 1 fully saturated rings. The van der Waals surface area contributed by atoms with E-state index in [-0.39, 0.29) is 0 Å². The maximum atomic E-state index is 11.6. The minimum Gasteiger partial charge on any atom is -0.493 e. The van der Waals surface area contributed by atoms with Crippen LogP contribution in [0.25, 0.3) is 0 Å². The SMILES string of the molecule is CC1CN(S(C)(=O)=O)CCC1NCc1ccc2c(c1)CCO2. The molecular weight excluding hydrogens is 300 g/mol. The van der Waals surface area contributed by atoms with E-state index in [0.29, 0.717) is 25.0 Å². The van der Waals surface area contributed by atoms with Crippen molar-refractivity contribution in [2.24, 2.45) is 5.92 Å². The quantitative estimate of drug-likeness (QED) is 0.909. The Kier molecular flexibility index (Phi) is 4.43. The fourth-order valence-electron chi connectivity index (χ4n) is 3.31. The van der Waals surface area contributed by atoms with Gasteiger partial charge in [-0.1, -0.05) is 19.1 Å². The first kappa shape index (κ1) is 15.8. The van der Waals surface area contributed by atoms with E-state index in [2.05, 4.69) is 30.4 Å². The minimum absolute atomic E-state index is 0.321. The van der Waals surface area contributed by atoms with Gasteiger partial charge in [0.25, 0.3) is 0 Å². The second-order valence-corrected chi connectivity index (χ2v) is 8.40. The summed E-state index contributed by atoms with van der Waals surface area (Å²) in [5.74, 6) is 1.33. The lowest BCUT2D eigenvalue weighted by atomic mass is 9.95. The smallest absolute Gasteiger partial charge is 0.211 e. The summed E-state index contributed by atoms with van der Waals surface area (Å²) in [5.41, 5.74) is 2.56. The van der Waals surface area contributed by atoms with Crippen molar-refractivity contribution >= 4 is 10.0 Å². The molecule has 6 heteroatoms. The number of nitrogens with zero attached hydrogens (tertiary/aromatic N) is 1. The Morgan fingerprint density at radius 2 is 2.23 bits per heavy atom. The van der Waals surface area contributed by atoms with Crippen molar-refractivity contribution in [1.82, 2.24) is 9.62 Å². The van der Waals surface area contributed by atoms with Crippen LogP contribution in [0, 0.1) is 5.92 Å². The van der Waals surface area contributed by atoms with Crippen molar-refractivity contribution < 1.29 is 13.2 Å². The lowest BCUT2D eigenvalue weighted by Gasteiger charge is -2.36. The van der Waals surface area contributed by atoms with Crippen LogP contribution in [0.1, 0.15) is 24.5 Å². The molecule has 0 saturated carbocycles. The first-order valence-electron chi connectivity index (χ1n) is 7.86. The molecule has 2 aliphatic rings. The molecule has 1 aromatic rings. The van der Waals surface area contributed by atoms with E-state index in [0.717, 1.165) is 31.7 Å². The molecule has 122 valence electrons. The van der Waals surface area contributed by atoms with Gasteiger partial charge in [-0.15, -0.1) is 0 Å². The summed E-state index contributed by atoms with van der Waals surface area (Å²) >= 11 is 0. The van der Waals surface area contributed by atoms with E-state index in [1.807, 2.05) is 0 Å². The number of hydrogen-bond donors (Lipinski definition) is 1. The molecule has 0 bridgehead atoms. The average molecular weight is 324 g/mol. The highest BCUT2D eigenvalue weighted by Gasteiger charge is 2.30. The molecule has 0 spiro atoms. The van der Waals surface area contributed by atoms with Gasteiger partial charge in [0, 0.05) is 32.1 Å². The van der Waals surface area contributed by atoms with Gasteiger partial charge in [-0.3, -0.25) is 0 Å². The highest BCUT2D eigenvalue weighted by atomic mass is 32.2. The Balaban J connectivity index is 1.56. The molecule has 0 amide bonds. The molecule has 3 rings (SSSR count). The van der Waals surface area contributed by atoms with Crippen LogP contribution in [0.5, 0.6) is 5.75 Å². The standard InChI is InChI=1S/C16H24N2O3S/c1-12-11-18(22(2,19)20)7-5-15(12)17-10-13-3-4-16-14(9-13)6-8-21-16/h3-4,9,12,15,17H,5-8,10-11H2,1-2H3. The summed E-state index contributed by atoms with van der Waals surface area (Å²) in [4.78, 5) is 0. The first-order chi connectivity index (χ1) is 10.4. The number of benzene rings is 1. The fourth-order valence-corrected chi connectivity index (χ4v) is 4.25. The van der Waals surface area contributed by atoms with Gasteiger partial charge >= 0.3 is 0 Å². The number of piperidine rings is 1. The predicted octanol–water partition coefficient (Wildman–Crippen LogP) is 1.38. The van der Waals surface area contributed by atoms with Gasteiger partial charge < -0.3 is 10.1 Å². The number of ether oxygens (including phenoxy) is 1. The second-order valence-electron chi connectivity index (χ2n) is 6.41. The van der Waals surface area contributed by atoms with E-state index >= 15 is 0 Å². The van der Waals surface area contributed by atoms with Gasteiger partial charge in [-0.25, -0.2) is 12.7 Å². The van der Waals surface area contributed by atoms with E-state index in [4.69, 9.17) is 4.74 Å². The maximum absolute atomic E-state index is 11.6. The van der Waals surface area contributed by atoms with Gasteiger partial charge in [-0.05, 0) is 29.5 Å². The number of rotatable bonds is 4. The van der Waals surface area contributed by atoms with Gasteiger partial charge in [0.05, 0.1) is 12.9 Å². The van der Waals surface area contributed by atoms with E-state index in [9.17, 15) is 8.42 Å². The lowest BCUT2D eigenvalue weighted by molar-refractivity contribution is 0.220. The highest BCUT2D eigenvalue weighted by Crippen LogP contribution is 2.26. The third-order valence-electron chi connectivity index (χ3n) is 4.66. The summed E-state index contributed by atoms with van der Waals surface area (Å²) in [6.45, 7) is 4.94. The van der Waals surface area contributed by atoms with Gasteiger partial charge in [0.1, 0.15) is 5.75 Å². The second kappa shape index (κ2) is 6.18. The zero-order chi connectivity index (χ0) is 15.7.